The van der Waals surface area contributed by atoms with Crippen molar-refractivity contribution in [2.24, 2.45) is 0 Å². The fourth-order valence-corrected chi connectivity index (χ4v) is 5.48. The van der Waals surface area contributed by atoms with Crippen molar-refractivity contribution >= 4 is 50.8 Å². The zero-order chi connectivity index (χ0) is 29.7. The number of anilines is 1. The first-order valence-electron chi connectivity index (χ1n) is 11.7. The maximum Gasteiger partial charge on any atom is 0.430 e. The van der Waals surface area contributed by atoms with Gasteiger partial charge in [0.15, 0.2) is 17.4 Å². The summed E-state index contributed by atoms with van der Waals surface area (Å²) in [7, 11) is -5.01. The number of hydrogen-bond donors (Lipinski definition) is 2. The molecular formula is C25H26ClF2N3O7S2. The predicted molar refractivity (Wildman–Crippen MR) is 145 cm³/mol. The predicted octanol–water partition coefficient (Wildman–Crippen LogP) is 5.60. The number of aromatic nitrogens is 1. The van der Waals surface area contributed by atoms with Crippen LogP contribution in [0, 0.1) is 11.6 Å². The maximum absolute atomic E-state index is 15.2. The molecule has 0 unspecified atom stereocenters. The number of carboxylic acids is 1. The van der Waals surface area contributed by atoms with E-state index in [0.717, 1.165) is 11.3 Å². The topological polar surface area (TPSA) is 135 Å². The van der Waals surface area contributed by atoms with Crippen LogP contribution in [0.15, 0.2) is 46.1 Å². The lowest BCUT2D eigenvalue weighted by Crippen LogP contribution is -2.41. The maximum atomic E-state index is 15.2. The number of hydrogen-bond acceptors (Lipinski definition) is 9. The van der Waals surface area contributed by atoms with Crippen LogP contribution in [0.4, 0.5) is 19.4 Å². The molecule has 2 N–H and O–H groups in total. The Hall–Kier alpha value is -3.33. The van der Waals surface area contributed by atoms with Crippen LogP contribution in [0.25, 0.3) is 0 Å². The summed E-state index contributed by atoms with van der Waals surface area (Å²) in [6.45, 7) is 4.69. The van der Waals surface area contributed by atoms with Crippen LogP contribution >= 0.6 is 22.9 Å². The lowest BCUT2D eigenvalue weighted by Gasteiger charge is -2.25. The van der Waals surface area contributed by atoms with Crippen molar-refractivity contribution in [3.63, 3.8) is 0 Å². The molecule has 0 atom stereocenters. The van der Waals surface area contributed by atoms with Gasteiger partial charge in [0.2, 0.25) is 0 Å². The van der Waals surface area contributed by atoms with E-state index in [4.69, 9.17) is 26.2 Å². The molecule has 1 amide bonds. The van der Waals surface area contributed by atoms with E-state index in [1.807, 2.05) is 0 Å². The Kier molecular flexibility index (Phi) is 10.1. The minimum Gasteiger partial charge on any atom is -0.480 e. The summed E-state index contributed by atoms with van der Waals surface area (Å²) < 4.78 is 68.1. The van der Waals surface area contributed by atoms with Gasteiger partial charge in [-0.3, -0.25) is 4.79 Å². The van der Waals surface area contributed by atoms with Crippen LogP contribution in [-0.4, -0.2) is 49.3 Å². The first-order chi connectivity index (χ1) is 18.7. The molecule has 15 heteroatoms. The first-order valence-corrected chi connectivity index (χ1v) is 14.5. The fourth-order valence-electron chi connectivity index (χ4n) is 3.37. The Balaban J connectivity index is 1.91. The highest BCUT2D eigenvalue weighted by molar-refractivity contribution is 7.93. The third kappa shape index (κ3) is 8.10. The summed E-state index contributed by atoms with van der Waals surface area (Å²) in [5.41, 5.74) is 0.702. The third-order valence-corrected chi connectivity index (χ3v) is 7.50. The molecule has 0 aliphatic heterocycles. The molecule has 3 rings (SSSR count). The Morgan fingerprint density at radius 3 is 2.50 bits per heavy atom. The van der Waals surface area contributed by atoms with Crippen molar-refractivity contribution in [2.75, 3.05) is 17.4 Å². The van der Waals surface area contributed by atoms with Gasteiger partial charge in [0.1, 0.15) is 22.1 Å². The number of carboxylic acid groups (broad SMARTS) is 1. The van der Waals surface area contributed by atoms with Crippen molar-refractivity contribution in [3.05, 3.63) is 63.4 Å². The van der Waals surface area contributed by atoms with Crippen LogP contribution in [0.5, 0.6) is 11.5 Å². The van der Waals surface area contributed by atoms with E-state index < -0.39 is 50.0 Å². The van der Waals surface area contributed by atoms with Crippen LogP contribution in [0.1, 0.15) is 32.8 Å². The van der Waals surface area contributed by atoms with E-state index in [-0.39, 0.29) is 22.4 Å². The molecule has 2 aromatic carbocycles. The van der Waals surface area contributed by atoms with Gasteiger partial charge < -0.3 is 19.9 Å². The van der Waals surface area contributed by atoms with Crippen LogP contribution in [0.3, 0.4) is 0 Å². The van der Waals surface area contributed by atoms with Crippen molar-refractivity contribution < 1.29 is 41.4 Å². The van der Waals surface area contributed by atoms with E-state index in [1.54, 1.807) is 6.07 Å². The number of halogens is 3. The number of sulfonamides is 1. The number of aryl methyl sites for hydroxylation is 1. The van der Waals surface area contributed by atoms with Crippen LogP contribution in [-0.2, 0) is 26.0 Å². The number of rotatable bonds is 11. The summed E-state index contributed by atoms with van der Waals surface area (Å²) in [6, 6.07) is 5.45. The van der Waals surface area contributed by atoms with E-state index >= 15 is 8.78 Å². The van der Waals surface area contributed by atoms with Crippen LogP contribution < -0.4 is 14.4 Å². The largest absolute Gasteiger partial charge is 0.480 e. The highest BCUT2D eigenvalue weighted by atomic mass is 35.5. The average molecular weight is 618 g/mol. The number of ether oxygens (including phenoxy) is 2. The minimum absolute atomic E-state index is 0.134. The summed E-state index contributed by atoms with van der Waals surface area (Å²) in [4.78, 5) is 26.1. The van der Waals surface area contributed by atoms with Gasteiger partial charge in [0.05, 0.1) is 12.1 Å². The van der Waals surface area contributed by atoms with Gasteiger partial charge in [-0.15, -0.1) is 15.6 Å². The first kappa shape index (κ1) is 31.2. The Bertz CT molecular complexity index is 1480. The summed E-state index contributed by atoms with van der Waals surface area (Å²) >= 11 is 7.06. The summed E-state index contributed by atoms with van der Waals surface area (Å²) in [5, 5.41) is 13.0. The quantitative estimate of drug-likeness (QED) is 0.263. The monoisotopic (exact) mass is 617 g/mol. The zero-order valence-electron chi connectivity index (χ0n) is 21.6. The zero-order valence-corrected chi connectivity index (χ0v) is 24.0. The minimum atomic E-state index is -5.01. The van der Waals surface area contributed by atoms with Gasteiger partial charge >= 0.3 is 12.1 Å². The molecule has 216 valence electrons. The van der Waals surface area contributed by atoms with Gasteiger partial charge in [-0.25, -0.2) is 27.0 Å². The highest BCUT2D eigenvalue weighted by Crippen LogP contribution is 2.34. The number of carbonyl (C=O) groups excluding carboxylic acids is 1. The Morgan fingerprint density at radius 1 is 1.15 bits per heavy atom. The molecule has 0 bridgehead atoms. The smallest absolute Gasteiger partial charge is 0.430 e. The molecule has 40 heavy (non-hydrogen) atoms. The molecule has 3 aromatic rings. The molecule has 1 aromatic heterocycles. The van der Waals surface area contributed by atoms with Crippen LogP contribution in [0.2, 0.25) is 5.02 Å². The van der Waals surface area contributed by atoms with Crippen molar-refractivity contribution in [1.29, 1.82) is 0 Å². The van der Waals surface area contributed by atoms with E-state index in [2.05, 4.69) is 10.3 Å². The lowest BCUT2D eigenvalue weighted by atomic mass is 10.1. The molecule has 0 radical (unpaired) electrons. The highest BCUT2D eigenvalue weighted by Gasteiger charge is 2.38. The number of nitrogens with one attached hydrogen (secondary N) is 1. The van der Waals surface area contributed by atoms with E-state index in [9.17, 15) is 18.0 Å². The summed E-state index contributed by atoms with van der Waals surface area (Å²) in [6.07, 6.45) is -0.505. The number of amides is 1. The fraction of sp³-hybridized carbons (Fsp3) is 0.320. The van der Waals surface area contributed by atoms with Gasteiger partial charge in [0, 0.05) is 22.5 Å². The van der Waals surface area contributed by atoms with Gasteiger partial charge in [-0.2, -0.15) is 0 Å². The number of thiazole rings is 1. The number of aliphatic carboxylic acids is 1. The molecule has 0 aliphatic rings. The molecule has 0 fully saturated rings. The Morgan fingerprint density at radius 2 is 1.88 bits per heavy atom. The number of nitrogens with zero attached hydrogens (tertiary/aromatic N) is 2. The second-order valence-corrected chi connectivity index (χ2v) is 12.2. The normalized spacial score (nSPS) is 11.8. The molecule has 0 aliphatic carbocycles. The van der Waals surface area contributed by atoms with Crippen molar-refractivity contribution in [2.45, 2.75) is 44.1 Å². The second-order valence-electron chi connectivity index (χ2n) is 9.34. The summed E-state index contributed by atoms with van der Waals surface area (Å²) in [5.74, 6) is -4.42. The standard InChI is InChI=1S/C25H26ClF2N3O7S2/c1-25(2,3)38-24(34)31(22-13-39-14-30-22)40(35,36)21-11-17(27)20(10-18(21)28)37-19-7-6-16(26)9-15(19)5-4-8-29-12-23(32)33/h6-7,9-11,13-14,29H,4-5,8,12H2,1-3H3,(H,32,33). The molecule has 1 heterocycles. The lowest BCUT2D eigenvalue weighted by molar-refractivity contribution is -0.135. The van der Waals surface area contributed by atoms with E-state index in [1.165, 1.54) is 43.8 Å². The molecule has 0 saturated carbocycles. The molecular weight excluding hydrogens is 592 g/mol. The van der Waals surface area contributed by atoms with Crippen molar-refractivity contribution in [3.8, 4) is 11.5 Å². The van der Waals surface area contributed by atoms with Crippen molar-refractivity contribution in [1.82, 2.24) is 10.3 Å². The van der Waals surface area contributed by atoms with Gasteiger partial charge in [-0.05, 0) is 63.9 Å². The number of benzene rings is 2. The number of carbonyl (C=O) groups is 2. The second kappa shape index (κ2) is 12.9. The van der Waals surface area contributed by atoms with Gasteiger partial charge in [0.25, 0.3) is 10.0 Å². The molecule has 10 nitrogen and oxygen atoms in total. The Labute approximate surface area is 238 Å². The average Bonchev–Trinajstić information content (AvgIpc) is 3.34. The molecule has 0 spiro atoms. The third-order valence-electron chi connectivity index (χ3n) is 5.01. The van der Waals surface area contributed by atoms with E-state index in [0.29, 0.717) is 42.1 Å². The van der Waals surface area contributed by atoms with Gasteiger partial charge in [-0.1, -0.05) is 11.6 Å². The SMILES string of the molecule is CC(C)(C)OC(=O)N(c1cscn1)S(=O)(=O)c1cc(F)c(Oc2ccc(Cl)cc2CCCNCC(=O)O)cc1F. The molecule has 0 saturated heterocycles.